The molecule has 0 radical (unpaired) electrons. The van der Waals surface area contributed by atoms with Gasteiger partial charge >= 0.3 is 0 Å². The maximum Gasteiger partial charge on any atom is 0.226 e. The SMILES string of the molecule is Cc1ccc(Nc2nc(Cl)nc3[nH]ncc23)cc1N(C)C. The van der Waals surface area contributed by atoms with Crippen LogP contribution in [0.1, 0.15) is 5.56 Å². The molecule has 6 nitrogen and oxygen atoms in total. The number of anilines is 3. The van der Waals surface area contributed by atoms with E-state index in [1.165, 1.54) is 5.56 Å². The van der Waals surface area contributed by atoms with E-state index in [-0.39, 0.29) is 5.28 Å². The fraction of sp³-hybridized carbons (Fsp3) is 0.214. The summed E-state index contributed by atoms with van der Waals surface area (Å²) in [7, 11) is 4.03. The lowest BCUT2D eigenvalue weighted by Gasteiger charge is -2.17. The molecule has 108 valence electrons. The number of aromatic amines is 1. The lowest BCUT2D eigenvalue weighted by Crippen LogP contribution is -2.10. The zero-order valence-corrected chi connectivity index (χ0v) is 12.7. The summed E-state index contributed by atoms with van der Waals surface area (Å²) in [5.74, 6) is 0.632. The second-order valence-electron chi connectivity index (χ2n) is 4.99. The van der Waals surface area contributed by atoms with Gasteiger partial charge in [0, 0.05) is 25.5 Å². The molecule has 0 atom stereocenters. The first-order chi connectivity index (χ1) is 10.0. The first kappa shape index (κ1) is 13.6. The Kier molecular flexibility index (Phi) is 3.39. The molecule has 7 heteroatoms. The smallest absolute Gasteiger partial charge is 0.226 e. The van der Waals surface area contributed by atoms with Crippen LogP contribution in [0.3, 0.4) is 0 Å². The maximum absolute atomic E-state index is 5.94. The third-order valence-corrected chi connectivity index (χ3v) is 3.41. The number of aryl methyl sites for hydroxylation is 1. The van der Waals surface area contributed by atoms with E-state index in [4.69, 9.17) is 11.6 Å². The Labute approximate surface area is 127 Å². The van der Waals surface area contributed by atoms with Gasteiger partial charge in [-0.25, -0.2) is 0 Å². The van der Waals surface area contributed by atoms with E-state index in [1.807, 2.05) is 20.2 Å². The molecule has 0 aliphatic carbocycles. The second-order valence-corrected chi connectivity index (χ2v) is 5.33. The Morgan fingerprint density at radius 1 is 1.24 bits per heavy atom. The van der Waals surface area contributed by atoms with Crippen LogP contribution in [0.4, 0.5) is 17.2 Å². The number of aromatic nitrogens is 4. The molecule has 3 rings (SSSR count). The van der Waals surface area contributed by atoms with Crippen molar-refractivity contribution in [3.8, 4) is 0 Å². The number of H-pyrrole nitrogens is 1. The number of hydrogen-bond donors (Lipinski definition) is 2. The van der Waals surface area contributed by atoms with Crippen LogP contribution in [0.25, 0.3) is 11.0 Å². The number of benzene rings is 1. The van der Waals surface area contributed by atoms with Gasteiger partial charge in [-0.3, -0.25) is 5.10 Å². The van der Waals surface area contributed by atoms with Crippen LogP contribution in [0.2, 0.25) is 5.28 Å². The molecule has 2 heterocycles. The lowest BCUT2D eigenvalue weighted by atomic mass is 10.1. The van der Waals surface area contributed by atoms with Crippen molar-refractivity contribution in [2.75, 3.05) is 24.3 Å². The summed E-state index contributed by atoms with van der Waals surface area (Å²) in [6, 6.07) is 6.13. The zero-order chi connectivity index (χ0) is 15.0. The average molecular weight is 303 g/mol. The first-order valence-corrected chi connectivity index (χ1v) is 6.84. The molecule has 2 aromatic heterocycles. The van der Waals surface area contributed by atoms with Gasteiger partial charge in [-0.05, 0) is 36.2 Å². The van der Waals surface area contributed by atoms with Crippen molar-refractivity contribution >= 4 is 39.8 Å². The molecule has 0 spiro atoms. The molecule has 0 saturated carbocycles. The van der Waals surface area contributed by atoms with Crippen molar-refractivity contribution in [3.63, 3.8) is 0 Å². The molecule has 0 aliphatic rings. The Hall–Kier alpha value is -2.34. The summed E-state index contributed by atoms with van der Waals surface area (Å²) in [4.78, 5) is 10.4. The van der Waals surface area contributed by atoms with Gasteiger partial charge in [0.2, 0.25) is 5.28 Å². The molecule has 2 N–H and O–H groups in total. The average Bonchev–Trinajstić information content (AvgIpc) is 2.88. The Bertz CT molecular complexity index is 795. The van der Waals surface area contributed by atoms with Gasteiger partial charge in [0.15, 0.2) is 5.65 Å². The van der Waals surface area contributed by atoms with Crippen LogP contribution in [0.15, 0.2) is 24.4 Å². The maximum atomic E-state index is 5.94. The molecular weight excluding hydrogens is 288 g/mol. The largest absolute Gasteiger partial charge is 0.377 e. The third kappa shape index (κ3) is 2.62. The van der Waals surface area contributed by atoms with Gasteiger partial charge < -0.3 is 10.2 Å². The monoisotopic (exact) mass is 302 g/mol. The molecule has 0 amide bonds. The van der Waals surface area contributed by atoms with Gasteiger partial charge in [-0.1, -0.05) is 6.07 Å². The second kappa shape index (κ2) is 5.21. The van der Waals surface area contributed by atoms with Gasteiger partial charge in [-0.15, -0.1) is 0 Å². The summed E-state index contributed by atoms with van der Waals surface area (Å²) in [5, 5.41) is 11.0. The van der Waals surface area contributed by atoms with E-state index in [9.17, 15) is 0 Å². The highest BCUT2D eigenvalue weighted by molar-refractivity contribution is 6.28. The van der Waals surface area contributed by atoms with Crippen LogP contribution >= 0.6 is 11.6 Å². The standard InChI is InChI=1S/C14H15ClN6/c1-8-4-5-9(6-11(8)21(2)3)17-12-10-7-16-20-13(10)19-14(15)18-12/h4-7H,1-3H3,(H2,16,17,18,19,20). The first-order valence-electron chi connectivity index (χ1n) is 6.46. The number of hydrogen-bond acceptors (Lipinski definition) is 5. The minimum absolute atomic E-state index is 0.175. The van der Waals surface area contributed by atoms with Crippen LogP contribution < -0.4 is 10.2 Å². The van der Waals surface area contributed by atoms with E-state index < -0.39 is 0 Å². The van der Waals surface area contributed by atoms with Gasteiger partial charge in [-0.2, -0.15) is 15.1 Å². The van der Waals surface area contributed by atoms with E-state index in [0.29, 0.717) is 11.5 Å². The number of halogens is 1. The summed E-state index contributed by atoms with van der Waals surface area (Å²) in [6.45, 7) is 2.08. The fourth-order valence-electron chi connectivity index (χ4n) is 2.21. The van der Waals surface area contributed by atoms with Crippen molar-refractivity contribution in [1.82, 2.24) is 20.2 Å². The van der Waals surface area contributed by atoms with E-state index in [2.05, 4.69) is 49.4 Å². The summed E-state index contributed by atoms with van der Waals surface area (Å²) >= 11 is 5.94. The number of nitrogens with zero attached hydrogens (tertiary/aromatic N) is 4. The number of nitrogens with one attached hydrogen (secondary N) is 2. The summed E-state index contributed by atoms with van der Waals surface area (Å²) < 4.78 is 0. The lowest BCUT2D eigenvalue weighted by molar-refractivity contribution is 1.09. The minimum atomic E-state index is 0.175. The molecule has 0 saturated heterocycles. The molecule has 0 unspecified atom stereocenters. The van der Waals surface area contributed by atoms with E-state index in [0.717, 1.165) is 16.8 Å². The predicted octanol–water partition coefficient (Wildman–Crippen LogP) is 3.12. The van der Waals surface area contributed by atoms with E-state index in [1.54, 1.807) is 6.20 Å². The Balaban J connectivity index is 2.02. The van der Waals surface area contributed by atoms with Crippen molar-refractivity contribution in [1.29, 1.82) is 0 Å². The highest BCUT2D eigenvalue weighted by Gasteiger charge is 2.10. The van der Waals surface area contributed by atoms with Crippen molar-refractivity contribution in [2.45, 2.75) is 6.92 Å². The number of rotatable bonds is 3. The van der Waals surface area contributed by atoms with Gasteiger partial charge in [0.1, 0.15) is 5.82 Å². The molecule has 3 aromatic rings. The Morgan fingerprint density at radius 2 is 2.05 bits per heavy atom. The fourth-order valence-corrected chi connectivity index (χ4v) is 2.38. The topological polar surface area (TPSA) is 69.7 Å². The van der Waals surface area contributed by atoms with E-state index >= 15 is 0 Å². The highest BCUT2D eigenvalue weighted by Crippen LogP contribution is 2.27. The summed E-state index contributed by atoms with van der Waals surface area (Å²) in [5.41, 5.74) is 3.89. The molecule has 21 heavy (non-hydrogen) atoms. The quantitative estimate of drug-likeness (QED) is 0.727. The van der Waals surface area contributed by atoms with Crippen molar-refractivity contribution in [2.24, 2.45) is 0 Å². The van der Waals surface area contributed by atoms with Gasteiger partial charge in [0.25, 0.3) is 0 Å². The molecule has 0 fully saturated rings. The van der Waals surface area contributed by atoms with Crippen LogP contribution in [-0.4, -0.2) is 34.3 Å². The molecule has 1 aromatic carbocycles. The number of fused-ring (bicyclic) bond motifs is 1. The predicted molar refractivity (Wildman–Crippen MR) is 85.5 cm³/mol. The molecular formula is C14H15ClN6. The normalized spacial score (nSPS) is 10.9. The molecule has 0 aliphatic heterocycles. The van der Waals surface area contributed by atoms with Crippen LogP contribution in [0.5, 0.6) is 0 Å². The summed E-state index contributed by atoms with van der Waals surface area (Å²) in [6.07, 6.45) is 1.68. The third-order valence-electron chi connectivity index (χ3n) is 3.24. The van der Waals surface area contributed by atoms with Crippen LogP contribution in [-0.2, 0) is 0 Å². The zero-order valence-electron chi connectivity index (χ0n) is 12.0. The molecule has 0 bridgehead atoms. The van der Waals surface area contributed by atoms with Crippen LogP contribution in [0, 0.1) is 6.92 Å². The highest BCUT2D eigenvalue weighted by atomic mass is 35.5. The van der Waals surface area contributed by atoms with Crippen molar-refractivity contribution < 1.29 is 0 Å². The Morgan fingerprint density at radius 3 is 2.81 bits per heavy atom. The van der Waals surface area contributed by atoms with Gasteiger partial charge in [0.05, 0.1) is 11.6 Å². The van der Waals surface area contributed by atoms with Crippen molar-refractivity contribution in [3.05, 3.63) is 35.2 Å². The minimum Gasteiger partial charge on any atom is -0.377 e.